The van der Waals surface area contributed by atoms with Crippen LogP contribution in [0.2, 0.25) is 0 Å². The number of imidazole rings is 1. The third kappa shape index (κ3) is 6.80. The summed E-state index contributed by atoms with van der Waals surface area (Å²) in [5.41, 5.74) is 15.2. The molecule has 1 aliphatic rings. The van der Waals surface area contributed by atoms with E-state index in [0.717, 1.165) is 35.6 Å². The number of methoxy groups -OCH3 is 1. The van der Waals surface area contributed by atoms with Crippen molar-refractivity contribution in [3.63, 3.8) is 0 Å². The zero-order valence-electron chi connectivity index (χ0n) is 20.9. The average Bonchev–Trinajstić information content (AvgIpc) is 3.45. The van der Waals surface area contributed by atoms with Gasteiger partial charge in [0.2, 0.25) is 0 Å². The summed E-state index contributed by atoms with van der Waals surface area (Å²) in [5, 5.41) is 11.4. The first kappa shape index (κ1) is 26.8. The first-order valence-electron chi connectivity index (χ1n) is 11.7. The SMILES string of the molecule is CC.CCn1c(C)nc2cc(C#CC(=N)c3c(N)ccnc3N)ccc21.COCC1CCCN1. The van der Waals surface area contributed by atoms with E-state index in [1.54, 1.807) is 13.2 Å². The zero-order valence-corrected chi connectivity index (χ0v) is 20.9. The van der Waals surface area contributed by atoms with Crippen LogP contribution >= 0.6 is 0 Å². The van der Waals surface area contributed by atoms with Gasteiger partial charge in [-0.05, 0) is 63.4 Å². The van der Waals surface area contributed by atoms with Crippen molar-refractivity contribution in [2.75, 3.05) is 31.7 Å². The predicted molar refractivity (Wildman–Crippen MR) is 141 cm³/mol. The molecule has 3 heterocycles. The molecule has 1 unspecified atom stereocenters. The molecule has 0 bridgehead atoms. The van der Waals surface area contributed by atoms with Crippen LogP contribution < -0.4 is 16.8 Å². The number of nitrogens with two attached hydrogens (primary N) is 2. The maximum atomic E-state index is 8.10. The van der Waals surface area contributed by atoms with Crippen LogP contribution in [-0.4, -0.2) is 46.6 Å². The molecule has 34 heavy (non-hydrogen) atoms. The Kier molecular flexibility index (Phi) is 10.5. The molecule has 0 aliphatic carbocycles. The number of anilines is 2. The summed E-state index contributed by atoms with van der Waals surface area (Å²) in [5.74, 6) is 6.95. The van der Waals surface area contributed by atoms with Crippen molar-refractivity contribution in [1.82, 2.24) is 19.9 Å². The molecule has 2 aromatic heterocycles. The first-order chi connectivity index (χ1) is 16.4. The van der Waals surface area contributed by atoms with E-state index in [-0.39, 0.29) is 11.5 Å². The van der Waals surface area contributed by atoms with Crippen LogP contribution in [0.3, 0.4) is 0 Å². The second-order valence-corrected chi connectivity index (χ2v) is 7.64. The molecule has 1 aliphatic heterocycles. The molecule has 4 rings (SSSR count). The van der Waals surface area contributed by atoms with Crippen molar-refractivity contribution in [3.8, 4) is 11.8 Å². The lowest BCUT2D eigenvalue weighted by Gasteiger charge is -2.05. The third-order valence-electron chi connectivity index (χ3n) is 5.38. The van der Waals surface area contributed by atoms with Crippen LogP contribution in [0.5, 0.6) is 0 Å². The number of rotatable bonds is 4. The summed E-state index contributed by atoms with van der Waals surface area (Å²) in [6.07, 6.45) is 4.11. The highest BCUT2D eigenvalue weighted by molar-refractivity contribution is 6.16. The quantitative estimate of drug-likeness (QED) is 0.345. The van der Waals surface area contributed by atoms with Crippen molar-refractivity contribution >= 4 is 28.3 Å². The Morgan fingerprint density at radius 2 is 2.06 bits per heavy atom. The summed E-state index contributed by atoms with van der Waals surface area (Å²) in [4.78, 5) is 8.50. The molecule has 3 aromatic rings. The van der Waals surface area contributed by atoms with Crippen LogP contribution in [0.4, 0.5) is 11.5 Å². The number of fused-ring (bicyclic) bond motifs is 1. The van der Waals surface area contributed by atoms with Gasteiger partial charge in [0.15, 0.2) is 0 Å². The van der Waals surface area contributed by atoms with Crippen molar-refractivity contribution in [3.05, 3.63) is 47.4 Å². The lowest BCUT2D eigenvalue weighted by Crippen LogP contribution is -2.25. The number of ether oxygens (including phenoxy) is 1. The summed E-state index contributed by atoms with van der Waals surface area (Å²) >= 11 is 0. The minimum atomic E-state index is 0.0495. The van der Waals surface area contributed by atoms with Gasteiger partial charge in [0, 0.05) is 37.1 Å². The monoisotopic (exact) mass is 463 g/mol. The van der Waals surface area contributed by atoms with Gasteiger partial charge in [0.25, 0.3) is 0 Å². The van der Waals surface area contributed by atoms with Gasteiger partial charge >= 0.3 is 0 Å². The van der Waals surface area contributed by atoms with Crippen LogP contribution in [-0.2, 0) is 11.3 Å². The molecule has 1 aromatic carbocycles. The van der Waals surface area contributed by atoms with Gasteiger partial charge in [-0.25, -0.2) is 9.97 Å². The van der Waals surface area contributed by atoms with Crippen LogP contribution in [0, 0.1) is 24.2 Å². The minimum absolute atomic E-state index is 0.0495. The largest absolute Gasteiger partial charge is 0.398 e. The maximum absolute atomic E-state index is 8.10. The number of nitrogen functional groups attached to an aromatic ring is 2. The van der Waals surface area contributed by atoms with Gasteiger partial charge in [0.05, 0.1) is 23.2 Å². The second kappa shape index (κ2) is 13.3. The van der Waals surface area contributed by atoms with Crippen LogP contribution in [0.15, 0.2) is 30.5 Å². The predicted octanol–water partition coefficient (Wildman–Crippen LogP) is 3.75. The number of aromatic nitrogens is 3. The average molecular weight is 464 g/mol. The number of nitrogens with one attached hydrogen (secondary N) is 2. The van der Waals surface area contributed by atoms with E-state index >= 15 is 0 Å². The van der Waals surface area contributed by atoms with Crippen molar-refractivity contribution in [2.24, 2.45) is 0 Å². The topological polar surface area (TPSA) is 128 Å². The van der Waals surface area contributed by atoms with E-state index in [2.05, 4.69) is 38.6 Å². The van der Waals surface area contributed by atoms with E-state index in [9.17, 15) is 0 Å². The van der Waals surface area contributed by atoms with Gasteiger partial charge in [-0.3, -0.25) is 5.41 Å². The van der Waals surface area contributed by atoms with Crippen molar-refractivity contribution < 1.29 is 4.74 Å². The molecule has 1 fully saturated rings. The number of nitrogens with zero attached hydrogens (tertiary/aromatic N) is 3. The highest BCUT2D eigenvalue weighted by atomic mass is 16.5. The lowest BCUT2D eigenvalue weighted by molar-refractivity contribution is 0.173. The number of aryl methyl sites for hydroxylation is 2. The second-order valence-electron chi connectivity index (χ2n) is 7.64. The normalized spacial score (nSPS) is 14.3. The summed E-state index contributed by atoms with van der Waals surface area (Å²) in [6, 6.07) is 8.09. The Hall–Kier alpha value is -3.41. The van der Waals surface area contributed by atoms with E-state index in [1.807, 2.05) is 39.0 Å². The molecule has 1 saturated heterocycles. The summed E-state index contributed by atoms with van der Waals surface area (Å²) in [7, 11) is 1.75. The molecule has 8 heteroatoms. The van der Waals surface area contributed by atoms with Crippen molar-refractivity contribution in [1.29, 1.82) is 5.41 Å². The third-order valence-corrected chi connectivity index (χ3v) is 5.38. The Bertz CT molecular complexity index is 1130. The first-order valence-corrected chi connectivity index (χ1v) is 11.7. The van der Waals surface area contributed by atoms with E-state index in [0.29, 0.717) is 17.3 Å². The number of pyridine rings is 1. The molecule has 182 valence electrons. The molecule has 0 saturated carbocycles. The summed E-state index contributed by atoms with van der Waals surface area (Å²) in [6.45, 7) is 11.0. The molecule has 8 nitrogen and oxygen atoms in total. The van der Waals surface area contributed by atoms with Crippen LogP contribution in [0.1, 0.15) is 50.6 Å². The molecule has 0 amide bonds. The van der Waals surface area contributed by atoms with E-state index in [1.165, 1.54) is 25.6 Å². The van der Waals surface area contributed by atoms with Crippen molar-refractivity contribution in [2.45, 2.75) is 53.1 Å². The maximum Gasteiger partial charge on any atom is 0.135 e. The molecule has 6 N–H and O–H groups in total. The molecular formula is C26H37N7O. The Morgan fingerprint density at radius 1 is 1.29 bits per heavy atom. The number of hydrogen-bond donors (Lipinski definition) is 4. The Balaban J connectivity index is 0.000000343. The molecule has 0 spiro atoms. The summed E-state index contributed by atoms with van der Waals surface area (Å²) < 4.78 is 7.11. The van der Waals surface area contributed by atoms with Crippen LogP contribution in [0.25, 0.3) is 11.0 Å². The van der Waals surface area contributed by atoms with Gasteiger partial charge in [0.1, 0.15) is 17.4 Å². The van der Waals surface area contributed by atoms with E-state index < -0.39 is 0 Å². The highest BCUT2D eigenvalue weighted by Gasteiger charge is 2.12. The highest BCUT2D eigenvalue weighted by Crippen LogP contribution is 2.18. The molecular weight excluding hydrogens is 426 g/mol. The van der Waals surface area contributed by atoms with Gasteiger partial charge < -0.3 is 26.1 Å². The van der Waals surface area contributed by atoms with Gasteiger partial charge in [-0.15, -0.1) is 0 Å². The number of benzene rings is 1. The van der Waals surface area contributed by atoms with Gasteiger partial charge in [-0.2, -0.15) is 0 Å². The lowest BCUT2D eigenvalue weighted by atomic mass is 10.1. The smallest absolute Gasteiger partial charge is 0.135 e. The standard InChI is InChI=1S/C18H18N6.C6H13NO.C2H6/c1-3-24-11(2)23-15-10-12(5-7-16(15)24)4-6-13(19)17-14(20)8-9-22-18(17)21;1-8-5-6-3-2-4-7-6;1-2/h5,7-10,19H,3H2,1-2H3,(H4,20,21,22);6-7H,2-5H2,1H3;1-2H3. The zero-order chi connectivity index (χ0) is 25.1. The minimum Gasteiger partial charge on any atom is -0.398 e. The Morgan fingerprint density at radius 3 is 2.68 bits per heavy atom. The molecule has 0 radical (unpaired) electrons. The fraction of sp³-hybridized carbons (Fsp3) is 0.423. The van der Waals surface area contributed by atoms with E-state index in [4.69, 9.17) is 21.6 Å². The number of hydrogen-bond acceptors (Lipinski definition) is 7. The molecule has 1 atom stereocenters. The fourth-order valence-electron chi connectivity index (χ4n) is 3.79. The van der Waals surface area contributed by atoms with Gasteiger partial charge in [-0.1, -0.05) is 19.8 Å². The Labute approximate surface area is 202 Å². The fourth-order valence-corrected chi connectivity index (χ4v) is 3.79.